The van der Waals surface area contributed by atoms with Crippen molar-refractivity contribution in [1.82, 2.24) is 0 Å². The molecule has 0 saturated heterocycles. The minimum atomic E-state index is -4.31. The summed E-state index contributed by atoms with van der Waals surface area (Å²) in [4.78, 5) is 9.51. The second-order valence-electron chi connectivity index (χ2n) is 1.22. The number of allylic oxidation sites excluding steroid dienone is 1. The summed E-state index contributed by atoms with van der Waals surface area (Å²) in [5, 5.41) is 7.83. The second kappa shape index (κ2) is 6.62. The van der Waals surface area contributed by atoms with Crippen LogP contribution in [0.4, 0.5) is 0 Å². The first-order chi connectivity index (χ1) is 4.77. The molecule has 0 unspecified atom stereocenters. The molecule has 0 aromatic rings. The molecule has 0 saturated carbocycles. The molecule has 66 valence electrons. The summed E-state index contributed by atoms with van der Waals surface area (Å²) >= 11 is -4.31. The fourth-order valence-corrected chi connectivity index (χ4v) is 0.143. The summed E-state index contributed by atoms with van der Waals surface area (Å²) in [6.07, 6.45) is 2.56. The Hall–Kier alpha value is -0.0775. The predicted octanol–water partition coefficient (Wildman–Crippen LogP) is 1.79. The van der Waals surface area contributed by atoms with Crippen LogP contribution in [0, 0.1) is 0 Å². The van der Waals surface area contributed by atoms with Gasteiger partial charge in [0.2, 0.25) is 0 Å². The average molecular weight is 241 g/mol. The van der Waals surface area contributed by atoms with E-state index in [1.54, 1.807) is 6.92 Å². The Balaban J connectivity index is 0. The molecule has 4 nitrogen and oxygen atoms in total. The molecule has 0 aliphatic heterocycles. The van der Waals surface area contributed by atoms with Gasteiger partial charge >= 0.3 is 44.8 Å². The van der Waals surface area contributed by atoms with E-state index in [1.807, 2.05) is 0 Å². The van der Waals surface area contributed by atoms with Crippen molar-refractivity contribution in [2.75, 3.05) is 0 Å². The second-order valence-corrected chi connectivity index (χ2v) is 6.40. The van der Waals surface area contributed by atoms with E-state index in [2.05, 4.69) is 20.1 Å². The molecule has 0 spiro atoms. The van der Waals surface area contributed by atoms with Gasteiger partial charge in [0, 0.05) is 6.08 Å². The maximum atomic E-state index is 9.51. The van der Waals surface area contributed by atoms with Crippen LogP contribution in [0.2, 0.25) is 0 Å². The summed E-state index contributed by atoms with van der Waals surface area (Å²) in [6, 6.07) is 0. The van der Waals surface area contributed by atoms with E-state index in [0.717, 1.165) is 6.08 Å². The summed E-state index contributed by atoms with van der Waals surface area (Å²) in [5.41, 5.74) is 0. The van der Waals surface area contributed by atoms with Gasteiger partial charge in [-0.25, -0.2) is 4.79 Å². The van der Waals surface area contributed by atoms with Crippen molar-refractivity contribution in [2.45, 2.75) is 6.92 Å². The van der Waals surface area contributed by atoms with E-state index < -0.39 is 17.1 Å². The molecule has 11 heavy (non-hydrogen) atoms. The van der Waals surface area contributed by atoms with Crippen LogP contribution in [0.25, 0.3) is 0 Å². The fraction of sp³-hybridized carbons (Fsp3) is 0.250. The molecule has 0 heterocycles. The molecule has 0 rings (SSSR count). The van der Waals surface area contributed by atoms with Gasteiger partial charge in [-0.3, -0.25) is 0 Å². The molecule has 0 aliphatic rings. The number of rotatable bonds is 1. The first-order valence-electron chi connectivity index (χ1n) is 2.27. The number of carboxylic acid groups (broad SMARTS) is 1. The van der Waals surface area contributed by atoms with E-state index in [0.29, 0.717) is 0 Å². The Morgan fingerprint density at radius 3 is 1.73 bits per heavy atom. The number of carbonyl (C=O) groups is 1. The number of aliphatic carboxylic acids is 1. The van der Waals surface area contributed by atoms with Crippen molar-refractivity contribution in [3.05, 3.63) is 12.2 Å². The van der Waals surface area contributed by atoms with Crippen LogP contribution in [0.1, 0.15) is 6.92 Å². The molecular weight excluding hydrogens is 235 g/mol. The zero-order valence-electron chi connectivity index (χ0n) is 5.49. The van der Waals surface area contributed by atoms with Gasteiger partial charge in [0.1, 0.15) is 0 Å². The third kappa shape index (κ3) is 72.9. The van der Waals surface area contributed by atoms with Crippen LogP contribution in [-0.2, 0) is 23.5 Å². The van der Waals surface area contributed by atoms with E-state index >= 15 is 0 Å². The van der Waals surface area contributed by atoms with Crippen LogP contribution >= 0.6 is 20.1 Å². The average Bonchev–Trinajstić information content (AvgIpc) is 1.58. The molecule has 0 radical (unpaired) electrons. The zero-order valence-corrected chi connectivity index (χ0v) is 8.28. The maximum absolute atomic E-state index is 9.51. The molecular formula is C4H6Cl2CrO4. The first kappa shape index (κ1) is 13.5. The van der Waals surface area contributed by atoms with Crippen LogP contribution in [0.5, 0.6) is 0 Å². The van der Waals surface area contributed by atoms with E-state index in [-0.39, 0.29) is 0 Å². The normalized spacial score (nSPS) is 10.5. The number of halogens is 2. The third-order valence-corrected chi connectivity index (χ3v) is 0.309. The first-order valence-corrected chi connectivity index (χ1v) is 6.82. The molecule has 0 bridgehead atoms. The standard InChI is InChI=1S/C4H6O2.2ClH.Cr.2O/c1-2-3-4(5)6;;;;;/h2-3H,1H3,(H,5,6);2*1H;;;/q;;;+2;;/p-2/b3-2+;;;;;. The van der Waals surface area contributed by atoms with E-state index in [4.69, 9.17) is 5.11 Å². The van der Waals surface area contributed by atoms with Crippen molar-refractivity contribution >= 4 is 26.1 Å². The van der Waals surface area contributed by atoms with E-state index in [1.165, 1.54) is 6.08 Å². The molecule has 0 amide bonds. The van der Waals surface area contributed by atoms with Gasteiger partial charge in [-0.2, -0.15) is 0 Å². The molecule has 0 atom stereocenters. The van der Waals surface area contributed by atoms with Crippen molar-refractivity contribution < 1.29 is 28.6 Å². The molecule has 1 N–H and O–H groups in total. The summed E-state index contributed by atoms with van der Waals surface area (Å²) in [6.45, 7) is 1.66. The Labute approximate surface area is 73.9 Å². The van der Waals surface area contributed by atoms with Crippen LogP contribution in [0.15, 0.2) is 12.2 Å². The summed E-state index contributed by atoms with van der Waals surface area (Å²) < 4.78 is 18.5. The SMILES string of the molecule is C/C=C/C(=O)O.[O]=[Cr](=[O])([Cl])[Cl]. The molecule has 0 aromatic heterocycles. The fourth-order valence-electron chi connectivity index (χ4n) is 0.143. The summed E-state index contributed by atoms with van der Waals surface area (Å²) in [5.74, 6) is -0.891. The van der Waals surface area contributed by atoms with Gasteiger partial charge in [0.05, 0.1) is 0 Å². The van der Waals surface area contributed by atoms with Gasteiger partial charge in [0.15, 0.2) is 0 Å². The van der Waals surface area contributed by atoms with Gasteiger partial charge in [-0.1, -0.05) is 6.08 Å². The molecule has 0 fully saturated rings. The Bertz CT molecular complexity index is 222. The van der Waals surface area contributed by atoms with Gasteiger partial charge in [-0.15, -0.1) is 0 Å². The third-order valence-electron chi connectivity index (χ3n) is 0.309. The van der Waals surface area contributed by atoms with Gasteiger partial charge in [0.25, 0.3) is 0 Å². The number of hydrogen-bond acceptors (Lipinski definition) is 3. The summed E-state index contributed by atoms with van der Waals surface area (Å²) in [7, 11) is 8.68. The Morgan fingerprint density at radius 2 is 1.73 bits per heavy atom. The van der Waals surface area contributed by atoms with E-state index in [9.17, 15) is 12.4 Å². The van der Waals surface area contributed by atoms with Crippen LogP contribution in [0.3, 0.4) is 0 Å². The van der Waals surface area contributed by atoms with Gasteiger partial charge < -0.3 is 5.11 Å². The van der Waals surface area contributed by atoms with Crippen LogP contribution in [-0.4, -0.2) is 11.1 Å². The quantitative estimate of drug-likeness (QED) is 0.710. The Kier molecular flexibility index (Phi) is 8.13. The van der Waals surface area contributed by atoms with Crippen molar-refractivity contribution in [3.63, 3.8) is 0 Å². The number of carboxylic acids is 1. The van der Waals surface area contributed by atoms with Crippen molar-refractivity contribution in [1.29, 1.82) is 0 Å². The zero-order chi connectivity index (χ0) is 9.49. The Morgan fingerprint density at radius 1 is 1.45 bits per heavy atom. The molecule has 7 heteroatoms. The monoisotopic (exact) mass is 240 g/mol. The number of hydrogen-bond donors (Lipinski definition) is 1. The van der Waals surface area contributed by atoms with Gasteiger partial charge in [-0.05, 0) is 6.92 Å². The minimum absolute atomic E-state index is 0.891. The predicted molar refractivity (Wildman–Crippen MR) is 35.5 cm³/mol. The molecule has 0 aliphatic carbocycles. The topological polar surface area (TPSA) is 71.4 Å². The van der Waals surface area contributed by atoms with Crippen molar-refractivity contribution in [2.24, 2.45) is 0 Å². The molecule has 0 aromatic carbocycles. The van der Waals surface area contributed by atoms with Crippen LogP contribution < -0.4 is 0 Å². The van der Waals surface area contributed by atoms with Crippen molar-refractivity contribution in [3.8, 4) is 0 Å².